The Morgan fingerprint density at radius 2 is 1.26 bits per heavy atom. The molecule has 3 heteroatoms. The van der Waals surface area contributed by atoms with Crippen molar-refractivity contribution in [3.8, 4) is 0 Å². The maximum atomic E-state index is 12.7. The first-order valence-electron chi connectivity index (χ1n) is 7.52. The SMILES string of the molecule is Cc1ccccc1Sn1c2ccccc2c(=O)c2ccccc21. The smallest absolute Gasteiger partial charge is 0.197 e. The van der Waals surface area contributed by atoms with Gasteiger partial charge in [-0.15, -0.1) is 0 Å². The minimum atomic E-state index is 0.0952. The summed E-state index contributed by atoms with van der Waals surface area (Å²) in [4.78, 5) is 13.9. The first-order valence-corrected chi connectivity index (χ1v) is 8.29. The van der Waals surface area contributed by atoms with Gasteiger partial charge in [0.15, 0.2) is 5.43 Å². The molecule has 0 unspecified atom stereocenters. The van der Waals surface area contributed by atoms with Crippen molar-refractivity contribution in [3.63, 3.8) is 0 Å². The molecule has 112 valence electrons. The highest BCUT2D eigenvalue weighted by atomic mass is 32.2. The Hall–Kier alpha value is -2.52. The van der Waals surface area contributed by atoms with Crippen LogP contribution < -0.4 is 5.43 Å². The highest BCUT2D eigenvalue weighted by Gasteiger charge is 2.11. The maximum absolute atomic E-state index is 12.7. The number of para-hydroxylation sites is 2. The number of fused-ring (bicyclic) bond motifs is 2. The molecule has 0 saturated carbocycles. The summed E-state index contributed by atoms with van der Waals surface area (Å²) >= 11 is 1.66. The molecule has 23 heavy (non-hydrogen) atoms. The van der Waals surface area contributed by atoms with Crippen LogP contribution >= 0.6 is 11.9 Å². The van der Waals surface area contributed by atoms with E-state index < -0.39 is 0 Å². The molecule has 0 saturated heterocycles. The van der Waals surface area contributed by atoms with Gasteiger partial charge in [0, 0.05) is 15.7 Å². The van der Waals surface area contributed by atoms with Crippen LogP contribution in [-0.2, 0) is 0 Å². The van der Waals surface area contributed by atoms with Gasteiger partial charge in [-0.25, -0.2) is 0 Å². The van der Waals surface area contributed by atoms with E-state index in [4.69, 9.17) is 0 Å². The van der Waals surface area contributed by atoms with Crippen LogP contribution in [0.3, 0.4) is 0 Å². The van der Waals surface area contributed by atoms with E-state index in [0.29, 0.717) is 0 Å². The first kappa shape index (κ1) is 14.1. The summed E-state index contributed by atoms with van der Waals surface area (Å²) in [5.74, 6) is 0. The second-order valence-electron chi connectivity index (χ2n) is 5.51. The van der Waals surface area contributed by atoms with Crippen LogP contribution in [0.5, 0.6) is 0 Å². The Balaban J connectivity index is 2.09. The van der Waals surface area contributed by atoms with E-state index in [9.17, 15) is 4.79 Å². The van der Waals surface area contributed by atoms with Crippen molar-refractivity contribution in [1.29, 1.82) is 0 Å². The predicted octanol–water partition coefficient (Wildman–Crippen LogP) is 5.02. The molecule has 0 spiro atoms. The molecule has 0 aliphatic rings. The Labute approximate surface area is 138 Å². The van der Waals surface area contributed by atoms with Gasteiger partial charge in [0.1, 0.15) is 0 Å². The molecule has 3 aromatic carbocycles. The highest BCUT2D eigenvalue weighted by molar-refractivity contribution is 7.98. The van der Waals surface area contributed by atoms with Gasteiger partial charge >= 0.3 is 0 Å². The summed E-state index contributed by atoms with van der Waals surface area (Å²) in [5, 5.41) is 1.51. The summed E-state index contributed by atoms with van der Waals surface area (Å²) in [6.45, 7) is 2.11. The van der Waals surface area contributed by atoms with E-state index in [1.807, 2.05) is 60.7 Å². The third-order valence-corrected chi connectivity index (χ3v) is 5.25. The van der Waals surface area contributed by atoms with Gasteiger partial charge in [-0.2, -0.15) is 0 Å². The fourth-order valence-corrected chi connectivity index (χ4v) is 3.88. The lowest BCUT2D eigenvalue weighted by Crippen LogP contribution is -2.08. The van der Waals surface area contributed by atoms with Crippen LogP contribution in [0.4, 0.5) is 0 Å². The maximum Gasteiger partial charge on any atom is 0.197 e. The number of nitrogens with zero attached hydrogens (tertiary/aromatic N) is 1. The van der Waals surface area contributed by atoms with Gasteiger partial charge in [0.05, 0.1) is 11.0 Å². The minimum Gasteiger partial charge on any atom is -0.288 e. The number of aryl methyl sites for hydroxylation is 1. The topological polar surface area (TPSA) is 22.0 Å². The lowest BCUT2D eigenvalue weighted by Gasteiger charge is -2.15. The average molecular weight is 317 g/mol. The van der Waals surface area contributed by atoms with Crippen molar-refractivity contribution in [2.45, 2.75) is 11.8 Å². The standard InChI is InChI=1S/C20H15NOS/c1-14-8-2-7-13-19(14)23-21-17-11-5-3-9-15(17)20(22)16-10-4-6-12-18(16)21/h2-13H,1H3. The molecule has 0 aliphatic carbocycles. The van der Waals surface area contributed by atoms with Gasteiger partial charge in [-0.05, 0) is 54.8 Å². The lowest BCUT2D eigenvalue weighted by atomic mass is 10.1. The summed E-state index contributed by atoms with van der Waals surface area (Å²) in [7, 11) is 0. The number of rotatable bonds is 2. The molecule has 1 aromatic heterocycles. The first-order chi connectivity index (χ1) is 11.3. The van der Waals surface area contributed by atoms with Crippen LogP contribution in [0.15, 0.2) is 82.5 Å². The van der Waals surface area contributed by atoms with Gasteiger partial charge in [0.25, 0.3) is 0 Å². The molecular weight excluding hydrogens is 302 g/mol. The molecule has 1 heterocycles. The Morgan fingerprint density at radius 1 is 0.739 bits per heavy atom. The fraction of sp³-hybridized carbons (Fsp3) is 0.0500. The Bertz CT molecular complexity index is 1020. The second-order valence-corrected chi connectivity index (χ2v) is 6.50. The molecule has 0 aliphatic heterocycles. The quantitative estimate of drug-likeness (QED) is 0.484. The van der Waals surface area contributed by atoms with Crippen LogP contribution in [0.1, 0.15) is 5.56 Å². The van der Waals surface area contributed by atoms with Crippen molar-refractivity contribution in [3.05, 3.63) is 88.6 Å². The second kappa shape index (κ2) is 5.60. The molecule has 2 nitrogen and oxygen atoms in total. The number of benzene rings is 3. The van der Waals surface area contributed by atoms with Crippen LogP contribution in [-0.4, -0.2) is 3.97 Å². The van der Waals surface area contributed by atoms with E-state index in [1.165, 1.54) is 10.5 Å². The van der Waals surface area contributed by atoms with Crippen molar-refractivity contribution >= 4 is 33.8 Å². The van der Waals surface area contributed by atoms with E-state index in [1.54, 1.807) is 11.9 Å². The van der Waals surface area contributed by atoms with Crippen molar-refractivity contribution < 1.29 is 0 Å². The molecule has 0 amide bonds. The number of hydrogen-bond acceptors (Lipinski definition) is 2. The monoisotopic (exact) mass is 317 g/mol. The number of aromatic nitrogens is 1. The number of pyridine rings is 1. The largest absolute Gasteiger partial charge is 0.288 e. The van der Waals surface area contributed by atoms with Crippen molar-refractivity contribution in [2.24, 2.45) is 0 Å². The molecule has 4 aromatic rings. The normalized spacial score (nSPS) is 11.2. The molecule has 0 fully saturated rings. The molecule has 4 rings (SSSR count). The predicted molar refractivity (Wildman–Crippen MR) is 98.1 cm³/mol. The number of hydrogen-bond donors (Lipinski definition) is 0. The van der Waals surface area contributed by atoms with E-state index in [-0.39, 0.29) is 5.43 Å². The van der Waals surface area contributed by atoms with Gasteiger partial charge in [-0.1, -0.05) is 42.5 Å². The molecular formula is C20H15NOS. The van der Waals surface area contributed by atoms with E-state index in [2.05, 4.69) is 23.0 Å². The summed E-state index contributed by atoms with van der Waals surface area (Å²) < 4.78 is 2.16. The Kier molecular flexibility index (Phi) is 3.43. The van der Waals surface area contributed by atoms with Crippen LogP contribution in [0.25, 0.3) is 21.8 Å². The zero-order valence-electron chi connectivity index (χ0n) is 12.7. The van der Waals surface area contributed by atoms with Crippen molar-refractivity contribution in [2.75, 3.05) is 0 Å². The fourth-order valence-electron chi connectivity index (χ4n) is 2.82. The Morgan fingerprint density at radius 3 is 1.87 bits per heavy atom. The zero-order chi connectivity index (χ0) is 15.8. The molecule has 0 N–H and O–H groups in total. The zero-order valence-corrected chi connectivity index (χ0v) is 13.5. The van der Waals surface area contributed by atoms with Gasteiger partial charge in [-0.3, -0.25) is 8.77 Å². The van der Waals surface area contributed by atoms with Gasteiger partial charge < -0.3 is 0 Å². The van der Waals surface area contributed by atoms with Crippen LogP contribution in [0.2, 0.25) is 0 Å². The van der Waals surface area contributed by atoms with Crippen molar-refractivity contribution in [1.82, 2.24) is 3.97 Å². The minimum absolute atomic E-state index is 0.0952. The molecule has 0 bridgehead atoms. The third kappa shape index (κ3) is 2.34. The average Bonchev–Trinajstić information content (AvgIpc) is 2.60. The molecule has 0 radical (unpaired) electrons. The van der Waals surface area contributed by atoms with Crippen LogP contribution in [0, 0.1) is 6.92 Å². The summed E-state index contributed by atoms with van der Waals surface area (Å²) in [5.41, 5.74) is 3.22. The third-order valence-electron chi connectivity index (χ3n) is 4.02. The van der Waals surface area contributed by atoms with E-state index >= 15 is 0 Å². The molecule has 0 atom stereocenters. The lowest BCUT2D eigenvalue weighted by molar-refractivity contribution is 1.27. The van der Waals surface area contributed by atoms with E-state index in [0.717, 1.165) is 21.8 Å². The summed E-state index contributed by atoms with van der Waals surface area (Å²) in [6.07, 6.45) is 0. The van der Waals surface area contributed by atoms with Gasteiger partial charge in [0.2, 0.25) is 0 Å². The highest BCUT2D eigenvalue weighted by Crippen LogP contribution is 2.30. The summed E-state index contributed by atoms with van der Waals surface area (Å²) in [6, 6.07) is 23.9.